The van der Waals surface area contributed by atoms with Gasteiger partial charge in [0.2, 0.25) is 0 Å². The number of ketones is 1. The van der Waals surface area contributed by atoms with Crippen LogP contribution < -0.4 is 0 Å². The molecule has 1 aliphatic heterocycles. The molecule has 2 aromatic carbocycles. The van der Waals surface area contributed by atoms with Crippen molar-refractivity contribution in [3.8, 4) is 0 Å². The maximum absolute atomic E-state index is 12.5. The van der Waals surface area contributed by atoms with Crippen LogP contribution in [0.25, 0.3) is 0 Å². The van der Waals surface area contributed by atoms with Crippen LogP contribution in [0.15, 0.2) is 65.8 Å². The topological polar surface area (TPSA) is 38.7 Å². The van der Waals surface area contributed by atoms with Crippen molar-refractivity contribution < 1.29 is 9.63 Å². The van der Waals surface area contributed by atoms with Gasteiger partial charge in [-0.15, -0.1) is 0 Å². The van der Waals surface area contributed by atoms with Gasteiger partial charge in [-0.1, -0.05) is 65.8 Å². The van der Waals surface area contributed by atoms with Crippen molar-refractivity contribution in [2.24, 2.45) is 11.1 Å². The maximum atomic E-state index is 12.5. The molecule has 94 valence electrons. The average molecular weight is 251 g/mol. The van der Waals surface area contributed by atoms with Gasteiger partial charge in [0, 0.05) is 11.1 Å². The number of benzene rings is 2. The Morgan fingerprint density at radius 2 is 1.63 bits per heavy atom. The first-order valence-corrected chi connectivity index (χ1v) is 6.21. The van der Waals surface area contributed by atoms with Gasteiger partial charge in [0.05, 0.1) is 0 Å². The lowest BCUT2D eigenvalue weighted by Crippen LogP contribution is -2.24. The number of hydrogen-bond donors (Lipinski definition) is 0. The van der Waals surface area contributed by atoms with Crippen molar-refractivity contribution in [1.29, 1.82) is 0 Å². The number of carbonyl (C=O) groups is 1. The van der Waals surface area contributed by atoms with Crippen LogP contribution in [0.4, 0.5) is 0 Å². The number of nitrogens with zero attached hydrogens (tertiary/aromatic N) is 1. The van der Waals surface area contributed by atoms with Crippen LogP contribution in [0.3, 0.4) is 0 Å². The van der Waals surface area contributed by atoms with Crippen LogP contribution in [-0.4, -0.2) is 18.1 Å². The quantitative estimate of drug-likeness (QED) is 0.787. The number of carbonyl (C=O) groups excluding carboxylic acids is 1. The summed E-state index contributed by atoms with van der Waals surface area (Å²) in [6.45, 7) is 0.317. The molecule has 0 aliphatic carbocycles. The molecule has 1 heterocycles. The summed E-state index contributed by atoms with van der Waals surface area (Å²) in [6, 6.07) is 19.0. The zero-order chi connectivity index (χ0) is 13.1. The van der Waals surface area contributed by atoms with E-state index in [1.54, 1.807) is 0 Å². The van der Waals surface area contributed by atoms with Gasteiger partial charge in [0.25, 0.3) is 0 Å². The minimum Gasteiger partial charge on any atom is -0.394 e. The van der Waals surface area contributed by atoms with E-state index in [2.05, 4.69) is 5.16 Å². The Balaban J connectivity index is 1.90. The summed E-state index contributed by atoms with van der Waals surface area (Å²) in [5, 5.41) is 4.03. The third-order valence-corrected chi connectivity index (χ3v) is 3.18. The molecule has 3 nitrogen and oxygen atoms in total. The largest absolute Gasteiger partial charge is 0.394 e. The maximum Gasteiger partial charge on any atom is 0.175 e. The zero-order valence-corrected chi connectivity index (χ0v) is 10.3. The van der Waals surface area contributed by atoms with E-state index in [-0.39, 0.29) is 11.7 Å². The average Bonchev–Trinajstić information content (AvgIpc) is 2.98. The molecule has 0 saturated heterocycles. The lowest BCUT2D eigenvalue weighted by molar-refractivity contribution is 0.0886. The van der Waals surface area contributed by atoms with Gasteiger partial charge >= 0.3 is 0 Å². The fraction of sp³-hybridized carbons (Fsp3) is 0.125. The second-order valence-corrected chi connectivity index (χ2v) is 4.42. The minimum atomic E-state index is -0.315. The lowest BCUT2D eigenvalue weighted by Gasteiger charge is -2.09. The Labute approximate surface area is 111 Å². The number of rotatable bonds is 3. The van der Waals surface area contributed by atoms with Gasteiger partial charge in [0.1, 0.15) is 18.2 Å². The highest BCUT2D eigenvalue weighted by Crippen LogP contribution is 2.21. The third-order valence-electron chi connectivity index (χ3n) is 3.18. The molecule has 0 spiro atoms. The Morgan fingerprint density at radius 3 is 2.32 bits per heavy atom. The van der Waals surface area contributed by atoms with Crippen molar-refractivity contribution in [2.75, 3.05) is 6.61 Å². The summed E-state index contributed by atoms with van der Waals surface area (Å²) >= 11 is 0. The number of hydrogen-bond acceptors (Lipinski definition) is 3. The Kier molecular flexibility index (Phi) is 3.11. The van der Waals surface area contributed by atoms with Crippen molar-refractivity contribution >= 4 is 11.5 Å². The van der Waals surface area contributed by atoms with Crippen LogP contribution in [0.1, 0.15) is 15.9 Å². The van der Waals surface area contributed by atoms with Crippen molar-refractivity contribution in [2.45, 2.75) is 0 Å². The van der Waals surface area contributed by atoms with Crippen molar-refractivity contribution in [3.05, 3.63) is 71.8 Å². The first-order valence-electron chi connectivity index (χ1n) is 6.21. The monoisotopic (exact) mass is 251 g/mol. The molecular formula is C16H13NO2. The van der Waals surface area contributed by atoms with E-state index < -0.39 is 0 Å². The first-order chi connectivity index (χ1) is 9.36. The van der Waals surface area contributed by atoms with Gasteiger partial charge in [-0.05, 0) is 0 Å². The second kappa shape index (κ2) is 5.06. The Hall–Kier alpha value is -2.42. The van der Waals surface area contributed by atoms with E-state index in [1.807, 2.05) is 60.7 Å². The summed E-state index contributed by atoms with van der Waals surface area (Å²) in [7, 11) is 0. The second-order valence-electron chi connectivity index (χ2n) is 4.42. The van der Waals surface area contributed by atoms with Crippen LogP contribution >= 0.6 is 0 Å². The molecule has 0 N–H and O–H groups in total. The summed E-state index contributed by atoms with van der Waals surface area (Å²) in [5.41, 5.74) is 2.35. The molecule has 0 aromatic heterocycles. The smallest absolute Gasteiger partial charge is 0.175 e. The summed E-state index contributed by atoms with van der Waals surface area (Å²) < 4.78 is 0. The summed E-state index contributed by atoms with van der Waals surface area (Å²) in [5.74, 6) is -0.259. The van der Waals surface area contributed by atoms with Crippen molar-refractivity contribution in [3.63, 3.8) is 0 Å². The first kappa shape index (κ1) is 11.7. The Bertz CT molecular complexity index is 605. The van der Waals surface area contributed by atoms with Gasteiger partial charge in [0.15, 0.2) is 5.78 Å². The summed E-state index contributed by atoms with van der Waals surface area (Å²) in [4.78, 5) is 17.6. The Morgan fingerprint density at radius 1 is 1.00 bits per heavy atom. The number of Topliss-reactive ketones (excluding diaryl/α,β-unsaturated/α-hetero) is 1. The van der Waals surface area contributed by atoms with E-state index in [0.717, 1.165) is 11.3 Å². The molecule has 0 amide bonds. The molecule has 1 atom stereocenters. The van der Waals surface area contributed by atoms with Gasteiger partial charge < -0.3 is 4.84 Å². The van der Waals surface area contributed by atoms with E-state index in [1.165, 1.54) is 0 Å². The predicted molar refractivity (Wildman–Crippen MR) is 73.2 cm³/mol. The molecule has 3 rings (SSSR count). The molecule has 0 saturated carbocycles. The fourth-order valence-corrected chi connectivity index (χ4v) is 2.19. The highest BCUT2D eigenvalue weighted by molar-refractivity contribution is 6.18. The molecule has 3 heteroatoms. The fourth-order valence-electron chi connectivity index (χ4n) is 2.19. The molecule has 0 fully saturated rings. The molecule has 0 radical (unpaired) electrons. The van der Waals surface area contributed by atoms with Crippen LogP contribution in [0.5, 0.6) is 0 Å². The zero-order valence-electron chi connectivity index (χ0n) is 10.3. The molecule has 19 heavy (non-hydrogen) atoms. The molecule has 1 unspecified atom stereocenters. The van der Waals surface area contributed by atoms with Gasteiger partial charge in [-0.2, -0.15) is 0 Å². The SMILES string of the molecule is O=C(c1ccccc1)C1CON=C1c1ccccc1. The van der Waals surface area contributed by atoms with E-state index in [4.69, 9.17) is 4.84 Å². The van der Waals surface area contributed by atoms with Gasteiger partial charge in [-0.3, -0.25) is 4.79 Å². The molecular weight excluding hydrogens is 238 g/mol. The van der Waals surface area contributed by atoms with Gasteiger partial charge in [-0.25, -0.2) is 0 Å². The third kappa shape index (κ3) is 2.27. The molecule has 0 bridgehead atoms. The van der Waals surface area contributed by atoms with E-state index in [9.17, 15) is 4.79 Å². The van der Waals surface area contributed by atoms with Crippen LogP contribution in [0.2, 0.25) is 0 Å². The predicted octanol–water partition coefficient (Wildman–Crippen LogP) is 2.92. The normalized spacial score (nSPS) is 17.7. The highest BCUT2D eigenvalue weighted by atomic mass is 16.6. The summed E-state index contributed by atoms with van der Waals surface area (Å²) in [6.07, 6.45) is 0. The lowest BCUT2D eigenvalue weighted by atomic mass is 9.90. The van der Waals surface area contributed by atoms with E-state index >= 15 is 0 Å². The highest BCUT2D eigenvalue weighted by Gasteiger charge is 2.31. The van der Waals surface area contributed by atoms with Crippen molar-refractivity contribution in [1.82, 2.24) is 0 Å². The molecule has 2 aromatic rings. The molecule has 1 aliphatic rings. The number of oxime groups is 1. The minimum absolute atomic E-state index is 0.0562. The van der Waals surface area contributed by atoms with Crippen LogP contribution in [0, 0.1) is 5.92 Å². The van der Waals surface area contributed by atoms with E-state index in [0.29, 0.717) is 12.2 Å². The van der Waals surface area contributed by atoms with Crippen LogP contribution in [-0.2, 0) is 4.84 Å². The standard InChI is InChI=1S/C16H13NO2/c18-16(13-9-5-2-6-10-13)14-11-19-17-15(14)12-7-3-1-4-8-12/h1-10,14H,11H2.